The molecule has 1 saturated heterocycles. The molecule has 1 fully saturated rings. The highest BCUT2D eigenvalue weighted by Gasteiger charge is 2.24. The zero-order chi connectivity index (χ0) is 22.4. The molecule has 1 aliphatic heterocycles. The van der Waals surface area contributed by atoms with Crippen molar-refractivity contribution in [1.29, 1.82) is 0 Å². The van der Waals surface area contributed by atoms with Gasteiger partial charge in [-0.15, -0.1) is 0 Å². The Hall–Kier alpha value is -2.78. The lowest BCUT2D eigenvalue weighted by atomic mass is 10.1. The summed E-state index contributed by atoms with van der Waals surface area (Å²) in [5.41, 5.74) is 1.68. The van der Waals surface area contributed by atoms with E-state index in [0.717, 1.165) is 31.2 Å². The number of amides is 1. The van der Waals surface area contributed by atoms with E-state index in [2.05, 4.69) is 5.32 Å². The fourth-order valence-corrected chi connectivity index (χ4v) is 5.20. The van der Waals surface area contributed by atoms with Crippen LogP contribution in [-0.4, -0.2) is 43.2 Å². The van der Waals surface area contributed by atoms with E-state index in [9.17, 15) is 23.3 Å². The predicted octanol–water partition coefficient (Wildman–Crippen LogP) is 3.44. The van der Waals surface area contributed by atoms with Gasteiger partial charge in [-0.2, -0.15) is 4.31 Å². The number of nitro groups is 1. The molecule has 0 spiro atoms. The van der Waals surface area contributed by atoms with Gasteiger partial charge in [0.25, 0.3) is 11.6 Å². The second-order valence-electron chi connectivity index (χ2n) is 7.73. The van der Waals surface area contributed by atoms with Crippen molar-refractivity contribution in [3.63, 3.8) is 0 Å². The van der Waals surface area contributed by atoms with Gasteiger partial charge in [-0.3, -0.25) is 14.9 Å². The van der Waals surface area contributed by atoms with Gasteiger partial charge in [0.2, 0.25) is 10.0 Å². The van der Waals surface area contributed by atoms with Crippen molar-refractivity contribution in [2.24, 2.45) is 0 Å². The monoisotopic (exact) mass is 445 g/mol. The first-order valence-electron chi connectivity index (χ1n) is 10.4. The number of rotatable bonds is 7. The number of hydrogen-bond donors (Lipinski definition) is 1. The molecule has 8 nitrogen and oxygen atoms in total. The fourth-order valence-electron chi connectivity index (χ4n) is 3.68. The molecule has 2 aromatic rings. The van der Waals surface area contributed by atoms with Crippen LogP contribution in [0.5, 0.6) is 0 Å². The highest BCUT2D eigenvalue weighted by molar-refractivity contribution is 7.89. The van der Waals surface area contributed by atoms with E-state index in [1.165, 1.54) is 18.2 Å². The lowest BCUT2D eigenvalue weighted by Crippen LogP contribution is -2.31. The van der Waals surface area contributed by atoms with Crippen molar-refractivity contribution in [2.75, 3.05) is 19.6 Å². The molecule has 166 valence electrons. The number of nitro benzene ring substituents is 1. The van der Waals surface area contributed by atoms with Gasteiger partial charge in [-0.05, 0) is 56.0 Å². The van der Waals surface area contributed by atoms with Gasteiger partial charge >= 0.3 is 0 Å². The van der Waals surface area contributed by atoms with Gasteiger partial charge < -0.3 is 5.32 Å². The second kappa shape index (κ2) is 10.0. The van der Waals surface area contributed by atoms with Crippen LogP contribution in [0.2, 0.25) is 0 Å². The molecular weight excluding hydrogens is 418 g/mol. The van der Waals surface area contributed by atoms with Crippen molar-refractivity contribution in [1.82, 2.24) is 9.62 Å². The number of benzene rings is 2. The average Bonchev–Trinajstić information content (AvgIpc) is 3.04. The minimum atomic E-state index is -3.47. The summed E-state index contributed by atoms with van der Waals surface area (Å²) in [5, 5.41) is 13.7. The fraction of sp³-hybridized carbons (Fsp3) is 0.409. The van der Waals surface area contributed by atoms with E-state index in [0.29, 0.717) is 42.1 Å². The van der Waals surface area contributed by atoms with Crippen LogP contribution in [0.3, 0.4) is 0 Å². The Bertz CT molecular complexity index is 1040. The molecule has 1 heterocycles. The third kappa shape index (κ3) is 5.68. The number of hydrogen-bond acceptors (Lipinski definition) is 5. The number of aryl methyl sites for hydroxylation is 1. The maximum atomic E-state index is 12.8. The maximum absolute atomic E-state index is 12.8. The largest absolute Gasteiger partial charge is 0.352 e. The highest BCUT2D eigenvalue weighted by Crippen LogP contribution is 2.21. The average molecular weight is 446 g/mol. The van der Waals surface area contributed by atoms with Crippen molar-refractivity contribution in [3.05, 3.63) is 69.3 Å². The van der Waals surface area contributed by atoms with Gasteiger partial charge in [0.05, 0.1) is 9.82 Å². The molecule has 9 heteroatoms. The van der Waals surface area contributed by atoms with Crippen LogP contribution >= 0.6 is 0 Å². The predicted molar refractivity (Wildman–Crippen MR) is 118 cm³/mol. The quantitative estimate of drug-likeness (QED) is 0.519. The molecule has 0 aromatic heterocycles. The Morgan fingerprint density at radius 3 is 2.29 bits per heavy atom. The van der Waals surface area contributed by atoms with Crippen molar-refractivity contribution >= 4 is 21.6 Å². The number of nitrogens with zero attached hydrogens (tertiary/aromatic N) is 2. The van der Waals surface area contributed by atoms with E-state index in [4.69, 9.17) is 0 Å². The number of sulfonamides is 1. The smallest absolute Gasteiger partial charge is 0.272 e. The zero-order valence-electron chi connectivity index (χ0n) is 17.5. The molecule has 0 bridgehead atoms. The zero-order valence-corrected chi connectivity index (χ0v) is 18.4. The van der Waals surface area contributed by atoms with E-state index in [1.807, 2.05) is 0 Å². The van der Waals surface area contributed by atoms with Crippen LogP contribution < -0.4 is 5.32 Å². The second-order valence-corrected chi connectivity index (χ2v) is 9.66. The minimum absolute atomic E-state index is 0.0215. The number of carbonyl (C=O) groups is 1. The minimum Gasteiger partial charge on any atom is -0.352 e. The van der Waals surface area contributed by atoms with Gasteiger partial charge in [0.15, 0.2) is 0 Å². The van der Waals surface area contributed by atoms with Crippen molar-refractivity contribution in [2.45, 2.75) is 43.9 Å². The maximum Gasteiger partial charge on any atom is 0.272 e. The van der Waals surface area contributed by atoms with Crippen LogP contribution in [0.1, 0.15) is 47.2 Å². The van der Waals surface area contributed by atoms with Crippen LogP contribution in [-0.2, 0) is 16.4 Å². The first-order chi connectivity index (χ1) is 14.8. The van der Waals surface area contributed by atoms with Gasteiger partial charge in [0.1, 0.15) is 0 Å². The first-order valence-corrected chi connectivity index (χ1v) is 11.9. The third-order valence-corrected chi connectivity index (χ3v) is 7.39. The molecule has 3 rings (SSSR count). The summed E-state index contributed by atoms with van der Waals surface area (Å²) in [7, 11) is -3.47. The van der Waals surface area contributed by atoms with E-state index in [1.54, 1.807) is 35.5 Å². The number of nitrogens with one attached hydrogen (secondary N) is 1. The van der Waals surface area contributed by atoms with Crippen LogP contribution in [0.25, 0.3) is 0 Å². The Morgan fingerprint density at radius 1 is 1.06 bits per heavy atom. The summed E-state index contributed by atoms with van der Waals surface area (Å²) in [6.07, 6.45) is 4.46. The van der Waals surface area contributed by atoms with Gasteiger partial charge in [-0.25, -0.2) is 8.42 Å². The molecular formula is C22H27N3O5S. The molecule has 1 N–H and O–H groups in total. The standard InChI is InChI=1S/C22H27N3O5S/c1-17-16-19(8-11-21(17)25(27)28)22(26)23-13-12-18-6-9-20(10-7-18)31(29,30)24-14-4-2-3-5-15-24/h6-11,16H,2-5,12-15H2,1H3,(H,23,26). The molecule has 0 unspecified atom stereocenters. The normalized spacial score (nSPS) is 15.3. The van der Waals surface area contributed by atoms with E-state index in [-0.39, 0.29) is 11.6 Å². The molecule has 1 amide bonds. The molecule has 0 radical (unpaired) electrons. The Balaban J connectivity index is 1.56. The van der Waals surface area contributed by atoms with Crippen molar-refractivity contribution in [3.8, 4) is 0 Å². The lowest BCUT2D eigenvalue weighted by molar-refractivity contribution is -0.385. The summed E-state index contributed by atoms with van der Waals surface area (Å²) in [6.45, 7) is 3.10. The molecule has 0 saturated carbocycles. The third-order valence-electron chi connectivity index (χ3n) is 5.48. The number of carbonyl (C=O) groups excluding carboxylic acids is 1. The van der Waals surface area contributed by atoms with Crippen LogP contribution in [0, 0.1) is 17.0 Å². The SMILES string of the molecule is Cc1cc(C(=O)NCCc2ccc(S(=O)(=O)N3CCCCCC3)cc2)ccc1[N+](=O)[O-]. The summed E-state index contributed by atoms with van der Waals surface area (Å²) in [5.74, 6) is -0.307. The molecule has 0 atom stereocenters. The summed E-state index contributed by atoms with van der Waals surface area (Å²) in [4.78, 5) is 23.0. The summed E-state index contributed by atoms with van der Waals surface area (Å²) >= 11 is 0. The van der Waals surface area contributed by atoms with Gasteiger partial charge in [0, 0.05) is 36.8 Å². The molecule has 2 aromatic carbocycles. The van der Waals surface area contributed by atoms with E-state index >= 15 is 0 Å². The van der Waals surface area contributed by atoms with Gasteiger partial charge in [-0.1, -0.05) is 25.0 Å². The van der Waals surface area contributed by atoms with E-state index < -0.39 is 14.9 Å². The Labute approximate surface area is 182 Å². The lowest BCUT2D eigenvalue weighted by Gasteiger charge is -2.20. The topological polar surface area (TPSA) is 110 Å². The highest BCUT2D eigenvalue weighted by atomic mass is 32.2. The Morgan fingerprint density at radius 2 is 1.71 bits per heavy atom. The summed E-state index contributed by atoms with van der Waals surface area (Å²) in [6, 6.07) is 11.0. The first kappa shape index (κ1) is 22.9. The van der Waals surface area contributed by atoms with Crippen LogP contribution in [0.4, 0.5) is 5.69 Å². The Kier molecular flexibility index (Phi) is 7.40. The van der Waals surface area contributed by atoms with Crippen LogP contribution in [0.15, 0.2) is 47.4 Å². The van der Waals surface area contributed by atoms with Crippen molar-refractivity contribution < 1.29 is 18.1 Å². The summed E-state index contributed by atoms with van der Waals surface area (Å²) < 4.78 is 27.2. The molecule has 31 heavy (non-hydrogen) atoms. The molecule has 0 aliphatic carbocycles. The molecule has 1 aliphatic rings.